The lowest BCUT2D eigenvalue weighted by Crippen LogP contribution is -2.25. The van der Waals surface area contributed by atoms with Crippen LogP contribution in [0.5, 0.6) is 0 Å². The molecule has 26 heavy (non-hydrogen) atoms. The number of rotatable bonds is 5. The second kappa shape index (κ2) is 7.19. The molecule has 0 bridgehead atoms. The number of hydrogen-bond donors (Lipinski definition) is 1. The van der Waals surface area contributed by atoms with E-state index >= 15 is 0 Å². The average molecular weight is 342 g/mol. The summed E-state index contributed by atoms with van der Waals surface area (Å²) in [7, 11) is 0. The van der Waals surface area contributed by atoms with Crippen LogP contribution in [0.1, 0.15) is 15.9 Å². The highest BCUT2D eigenvalue weighted by Crippen LogP contribution is 2.16. The predicted molar refractivity (Wildman–Crippen MR) is 101 cm³/mol. The predicted octanol–water partition coefficient (Wildman–Crippen LogP) is 3.39. The minimum absolute atomic E-state index is 0.0842. The first-order chi connectivity index (χ1) is 12.8. The Kier molecular flexibility index (Phi) is 4.43. The molecule has 0 unspecified atom stereocenters. The quantitative estimate of drug-likeness (QED) is 0.605. The van der Waals surface area contributed by atoms with Gasteiger partial charge in [-0.1, -0.05) is 30.3 Å². The molecule has 0 saturated heterocycles. The molecule has 0 radical (unpaired) electrons. The van der Waals surface area contributed by atoms with Gasteiger partial charge in [-0.05, 0) is 42.3 Å². The zero-order chi connectivity index (χ0) is 17.8. The van der Waals surface area contributed by atoms with Gasteiger partial charge in [0.2, 0.25) is 0 Å². The van der Waals surface area contributed by atoms with Gasteiger partial charge in [0.25, 0.3) is 5.91 Å². The number of hydrogen-bond acceptors (Lipinski definition) is 3. The third-order valence-corrected chi connectivity index (χ3v) is 4.25. The van der Waals surface area contributed by atoms with Crippen LogP contribution >= 0.6 is 0 Å². The van der Waals surface area contributed by atoms with Gasteiger partial charge in [-0.15, -0.1) is 0 Å². The van der Waals surface area contributed by atoms with Gasteiger partial charge in [0, 0.05) is 29.9 Å². The highest BCUT2D eigenvalue weighted by Gasteiger charge is 2.10. The van der Waals surface area contributed by atoms with Gasteiger partial charge in [0.1, 0.15) is 0 Å². The van der Waals surface area contributed by atoms with E-state index in [1.807, 2.05) is 77.7 Å². The van der Waals surface area contributed by atoms with Crippen molar-refractivity contribution in [2.24, 2.45) is 0 Å². The van der Waals surface area contributed by atoms with Crippen LogP contribution in [0.15, 0.2) is 79.3 Å². The van der Waals surface area contributed by atoms with Crippen molar-refractivity contribution in [1.29, 1.82) is 0 Å². The molecule has 1 N–H and O–H groups in total. The Morgan fingerprint density at radius 1 is 1.00 bits per heavy atom. The molecule has 4 aromatic rings. The Balaban J connectivity index is 1.40. The lowest BCUT2D eigenvalue weighted by Gasteiger charge is -2.07. The van der Waals surface area contributed by atoms with E-state index in [1.54, 1.807) is 6.20 Å². The van der Waals surface area contributed by atoms with Crippen molar-refractivity contribution >= 4 is 16.8 Å². The van der Waals surface area contributed by atoms with E-state index in [2.05, 4.69) is 15.4 Å². The summed E-state index contributed by atoms with van der Waals surface area (Å²) in [4.78, 5) is 16.8. The second-order valence-electron chi connectivity index (χ2n) is 6.01. The van der Waals surface area contributed by atoms with Crippen molar-refractivity contribution in [2.75, 3.05) is 6.54 Å². The van der Waals surface area contributed by atoms with Crippen LogP contribution in [-0.4, -0.2) is 27.2 Å². The Morgan fingerprint density at radius 3 is 2.77 bits per heavy atom. The van der Waals surface area contributed by atoms with Crippen LogP contribution in [0.4, 0.5) is 0 Å². The number of nitrogens with zero attached hydrogens (tertiary/aromatic N) is 3. The Hall–Kier alpha value is -3.47. The number of carbonyl (C=O) groups excluding carboxylic acids is 1. The third-order valence-electron chi connectivity index (χ3n) is 4.25. The summed E-state index contributed by atoms with van der Waals surface area (Å²) in [5.74, 6) is -0.0842. The van der Waals surface area contributed by atoms with Crippen molar-refractivity contribution < 1.29 is 4.79 Å². The molecule has 1 amide bonds. The first kappa shape index (κ1) is 16.0. The van der Waals surface area contributed by atoms with Crippen molar-refractivity contribution in [3.63, 3.8) is 0 Å². The summed E-state index contributed by atoms with van der Waals surface area (Å²) in [6.07, 6.45) is 6.28. The Bertz CT molecular complexity index is 1030. The molecule has 5 nitrogen and oxygen atoms in total. The van der Waals surface area contributed by atoms with E-state index in [9.17, 15) is 4.79 Å². The van der Waals surface area contributed by atoms with Crippen molar-refractivity contribution in [3.8, 4) is 5.69 Å². The molecule has 2 aromatic carbocycles. The average Bonchev–Trinajstić information content (AvgIpc) is 3.17. The lowest BCUT2D eigenvalue weighted by molar-refractivity contribution is 0.0956. The van der Waals surface area contributed by atoms with Crippen molar-refractivity contribution in [3.05, 3.63) is 90.4 Å². The van der Waals surface area contributed by atoms with Crippen LogP contribution in [0.3, 0.4) is 0 Å². The Labute approximate surface area is 151 Å². The fraction of sp³-hybridized carbons (Fsp3) is 0.0952. The highest BCUT2D eigenvalue weighted by molar-refractivity contribution is 6.06. The smallest absolute Gasteiger partial charge is 0.251 e. The van der Waals surface area contributed by atoms with Crippen molar-refractivity contribution in [2.45, 2.75) is 6.42 Å². The number of amides is 1. The molecular weight excluding hydrogens is 324 g/mol. The largest absolute Gasteiger partial charge is 0.352 e. The summed E-state index contributed by atoms with van der Waals surface area (Å²) in [5.41, 5.74) is 3.57. The molecular formula is C21H18N4O. The third kappa shape index (κ3) is 3.32. The summed E-state index contributed by atoms with van der Waals surface area (Å²) in [6, 6.07) is 19.3. The standard InChI is InChI=1S/C21H18N4O/c26-21(19-8-4-10-20-18(19)9-5-12-22-20)23-13-11-16-14-24-25(15-16)17-6-2-1-3-7-17/h1-10,12,14-15H,11,13H2,(H,23,26). The van der Waals surface area contributed by atoms with Gasteiger partial charge >= 0.3 is 0 Å². The minimum Gasteiger partial charge on any atom is -0.352 e. The van der Waals surface area contributed by atoms with E-state index in [1.165, 1.54) is 0 Å². The molecule has 0 aliphatic carbocycles. The molecule has 0 fully saturated rings. The number of aromatic nitrogens is 3. The molecule has 0 aliphatic heterocycles. The van der Waals surface area contributed by atoms with Crippen LogP contribution in [0, 0.1) is 0 Å². The summed E-state index contributed by atoms with van der Waals surface area (Å²) < 4.78 is 1.84. The summed E-state index contributed by atoms with van der Waals surface area (Å²) in [6.45, 7) is 0.552. The van der Waals surface area contributed by atoms with E-state index in [0.29, 0.717) is 12.1 Å². The molecule has 2 heterocycles. The number of para-hydroxylation sites is 1. The molecule has 0 aliphatic rings. The number of fused-ring (bicyclic) bond motifs is 1. The number of pyridine rings is 1. The fourth-order valence-corrected chi connectivity index (χ4v) is 2.93. The highest BCUT2D eigenvalue weighted by atomic mass is 16.1. The maximum absolute atomic E-state index is 12.5. The topological polar surface area (TPSA) is 59.8 Å². The lowest BCUT2D eigenvalue weighted by atomic mass is 10.1. The first-order valence-electron chi connectivity index (χ1n) is 8.52. The number of benzene rings is 2. The van der Waals surface area contributed by atoms with Gasteiger partial charge in [-0.3, -0.25) is 9.78 Å². The molecule has 4 rings (SSSR count). The molecule has 0 atom stereocenters. The van der Waals surface area contributed by atoms with Crippen LogP contribution in [0.2, 0.25) is 0 Å². The fourth-order valence-electron chi connectivity index (χ4n) is 2.93. The zero-order valence-corrected chi connectivity index (χ0v) is 14.2. The maximum atomic E-state index is 12.5. The van der Waals surface area contributed by atoms with Crippen molar-refractivity contribution in [1.82, 2.24) is 20.1 Å². The summed E-state index contributed by atoms with van der Waals surface area (Å²) >= 11 is 0. The van der Waals surface area contributed by atoms with E-state index in [4.69, 9.17) is 0 Å². The molecule has 0 spiro atoms. The molecule has 5 heteroatoms. The molecule has 2 aromatic heterocycles. The van der Waals surface area contributed by atoms with Gasteiger partial charge < -0.3 is 5.32 Å². The second-order valence-corrected chi connectivity index (χ2v) is 6.01. The molecule has 128 valence electrons. The van der Waals surface area contributed by atoms with E-state index in [-0.39, 0.29) is 5.91 Å². The van der Waals surface area contributed by atoms with Crippen LogP contribution < -0.4 is 5.32 Å². The maximum Gasteiger partial charge on any atom is 0.251 e. The Morgan fingerprint density at radius 2 is 1.88 bits per heavy atom. The monoisotopic (exact) mass is 342 g/mol. The van der Waals surface area contributed by atoms with Gasteiger partial charge in [-0.25, -0.2) is 4.68 Å². The number of nitrogens with one attached hydrogen (secondary N) is 1. The SMILES string of the molecule is O=C(NCCc1cnn(-c2ccccc2)c1)c1cccc2ncccc12. The minimum atomic E-state index is -0.0842. The van der Waals surface area contributed by atoms with E-state index in [0.717, 1.165) is 28.6 Å². The van der Waals surface area contributed by atoms with E-state index < -0.39 is 0 Å². The van der Waals surface area contributed by atoms with Gasteiger partial charge in [-0.2, -0.15) is 5.10 Å². The van der Waals surface area contributed by atoms with Gasteiger partial charge in [0.05, 0.1) is 17.4 Å². The van der Waals surface area contributed by atoms with Crippen LogP contribution in [-0.2, 0) is 6.42 Å². The van der Waals surface area contributed by atoms with Crippen LogP contribution in [0.25, 0.3) is 16.6 Å². The number of carbonyl (C=O) groups is 1. The first-order valence-corrected chi connectivity index (χ1v) is 8.52. The van der Waals surface area contributed by atoms with Gasteiger partial charge in [0.15, 0.2) is 0 Å². The summed E-state index contributed by atoms with van der Waals surface area (Å²) in [5, 5.41) is 8.23. The molecule has 0 saturated carbocycles. The zero-order valence-electron chi connectivity index (χ0n) is 14.2. The normalized spacial score (nSPS) is 10.8.